The van der Waals surface area contributed by atoms with Gasteiger partial charge in [-0.25, -0.2) is 0 Å². The van der Waals surface area contributed by atoms with Crippen molar-refractivity contribution in [2.24, 2.45) is 7.05 Å². The van der Waals surface area contributed by atoms with Crippen LogP contribution in [0.1, 0.15) is 24.6 Å². The highest BCUT2D eigenvalue weighted by Crippen LogP contribution is 2.22. The van der Waals surface area contributed by atoms with Crippen LogP contribution in [-0.2, 0) is 24.8 Å². The van der Waals surface area contributed by atoms with Gasteiger partial charge in [-0.3, -0.25) is 14.4 Å². The maximum Gasteiger partial charge on any atom is 0.304 e. The van der Waals surface area contributed by atoms with Crippen LogP contribution in [0.15, 0.2) is 6.20 Å². The van der Waals surface area contributed by atoms with E-state index in [1.54, 1.807) is 0 Å². The third-order valence-electron chi connectivity index (χ3n) is 3.46. The molecule has 19 heavy (non-hydrogen) atoms. The number of thioether (sulfide) groups is 1. The number of carboxylic acids is 1. The molecule has 1 fully saturated rings. The van der Waals surface area contributed by atoms with Gasteiger partial charge in [-0.15, -0.1) is 0 Å². The Bertz CT molecular complexity index is 447. The molecule has 2 heterocycles. The zero-order valence-corrected chi connectivity index (χ0v) is 12.3. The van der Waals surface area contributed by atoms with Crippen molar-refractivity contribution in [3.05, 3.63) is 17.5 Å². The van der Waals surface area contributed by atoms with Gasteiger partial charge in [-0.05, 0) is 6.42 Å². The summed E-state index contributed by atoms with van der Waals surface area (Å²) in [6, 6.07) is 0.140. The topological polar surface area (TPSA) is 58.4 Å². The van der Waals surface area contributed by atoms with Gasteiger partial charge in [0.05, 0.1) is 12.1 Å². The minimum atomic E-state index is -0.709. The molecule has 0 bridgehead atoms. The van der Waals surface area contributed by atoms with Crippen LogP contribution in [0.4, 0.5) is 0 Å². The van der Waals surface area contributed by atoms with Crippen molar-refractivity contribution in [3.8, 4) is 0 Å². The van der Waals surface area contributed by atoms with Gasteiger partial charge in [0.1, 0.15) is 0 Å². The molecular formula is C13H21N3O2S. The average Bonchev–Trinajstić information content (AvgIpc) is 2.71. The number of hydrogen-bond donors (Lipinski definition) is 1. The molecule has 5 nitrogen and oxygen atoms in total. The van der Waals surface area contributed by atoms with Crippen molar-refractivity contribution in [2.75, 3.05) is 18.1 Å². The van der Waals surface area contributed by atoms with Crippen LogP contribution in [0.3, 0.4) is 0 Å². The number of aromatic nitrogens is 2. The molecule has 1 saturated heterocycles. The molecule has 0 saturated carbocycles. The lowest BCUT2D eigenvalue weighted by molar-refractivity contribution is -0.138. The van der Waals surface area contributed by atoms with E-state index in [0.29, 0.717) is 0 Å². The summed E-state index contributed by atoms with van der Waals surface area (Å²) in [7, 11) is 1.93. The van der Waals surface area contributed by atoms with Crippen LogP contribution in [0.25, 0.3) is 0 Å². The van der Waals surface area contributed by atoms with E-state index in [2.05, 4.69) is 23.1 Å². The van der Waals surface area contributed by atoms with Gasteiger partial charge >= 0.3 is 5.97 Å². The lowest BCUT2D eigenvalue weighted by Crippen LogP contribution is -2.43. The van der Waals surface area contributed by atoms with Gasteiger partial charge in [0.2, 0.25) is 0 Å². The fourth-order valence-corrected chi connectivity index (χ4v) is 3.65. The normalized spacial score (nSPS) is 20.6. The first-order chi connectivity index (χ1) is 9.10. The smallest absolute Gasteiger partial charge is 0.304 e. The quantitative estimate of drug-likeness (QED) is 0.884. The van der Waals surface area contributed by atoms with Gasteiger partial charge in [-0.1, -0.05) is 6.92 Å². The summed E-state index contributed by atoms with van der Waals surface area (Å²) in [5, 5.41) is 13.5. The predicted molar refractivity (Wildman–Crippen MR) is 76.4 cm³/mol. The Labute approximate surface area is 118 Å². The minimum absolute atomic E-state index is 0.140. The first kappa shape index (κ1) is 14.4. The average molecular weight is 283 g/mol. The van der Waals surface area contributed by atoms with Crippen molar-refractivity contribution in [1.82, 2.24) is 14.7 Å². The first-order valence-corrected chi connectivity index (χ1v) is 7.80. The summed E-state index contributed by atoms with van der Waals surface area (Å²) >= 11 is 1.85. The van der Waals surface area contributed by atoms with Gasteiger partial charge in [-0.2, -0.15) is 16.9 Å². The molecule has 0 radical (unpaired) electrons. The summed E-state index contributed by atoms with van der Waals surface area (Å²) in [6.45, 7) is 3.88. The summed E-state index contributed by atoms with van der Waals surface area (Å²) in [4.78, 5) is 13.2. The van der Waals surface area contributed by atoms with Crippen LogP contribution in [0, 0.1) is 0 Å². The first-order valence-electron chi connectivity index (χ1n) is 6.65. The lowest BCUT2D eigenvalue weighted by atomic mass is 10.1. The molecule has 2 rings (SSSR count). The Balaban J connectivity index is 2.08. The Morgan fingerprint density at radius 2 is 2.42 bits per heavy atom. The number of hydrogen-bond acceptors (Lipinski definition) is 4. The van der Waals surface area contributed by atoms with Crippen LogP contribution in [0.2, 0.25) is 0 Å². The summed E-state index contributed by atoms with van der Waals surface area (Å²) < 4.78 is 1.85. The number of nitrogens with zero attached hydrogens (tertiary/aromatic N) is 3. The zero-order valence-electron chi connectivity index (χ0n) is 11.5. The van der Waals surface area contributed by atoms with E-state index in [1.807, 2.05) is 23.5 Å². The Morgan fingerprint density at radius 1 is 1.63 bits per heavy atom. The van der Waals surface area contributed by atoms with Crippen LogP contribution < -0.4 is 0 Å². The standard InChI is InChI=1S/C13H21N3O2S/c1-3-12-10(7-15(2)14-12)8-16-4-5-19-9-11(16)6-13(17)18/h7,11H,3-6,8-9H2,1-2H3,(H,17,18). The highest BCUT2D eigenvalue weighted by molar-refractivity contribution is 7.99. The number of carboxylic acid groups (broad SMARTS) is 1. The SMILES string of the molecule is CCc1nn(C)cc1CN1CCSCC1CC(=O)O. The Morgan fingerprint density at radius 3 is 3.11 bits per heavy atom. The number of carbonyl (C=O) groups is 1. The van der Waals surface area contributed by atoms with E-state index < -0.39 is 5.97 Å². The van der Waals surface area contributed by atoms with Gasteiger partial charge in [0, 0.05) is 49.4 Å². The predicted octanol–water partition coefficient (Wildman–Crippen LogP) is 1.37. The van der Waals surface area contributed by atoms with E-state index >= 15 is 0 Å². The second kappa shape index (κ2) is 6.43. The van der Waals surface area contributed by atoms with Crippen molar-refractivity contribution < 1.29 is 9.90 Å². The molecule has 1 N–H and O–H groups in total. The maximum absolute atomic E-state index is 10.9. The maximum atomic E-state index is 10.9. The van der Waals surface area contributed by atoms with Crippen LogP contribution >= 0.6 is 11.8 Å². The Hall–Kier alpha value is -1.01. The molecule has 0 aliphatic carbocycles. The molecule has 106 valence electrons. The van der Waals surface area contributed by atoms with Gasteiger partial charge in [0.25, 0.3) is 0 Å². The highest BCUT2D eigenvalue weighted by atomic mass is 32.2. The molecule has 0 aromatic carbocycles. The van der Waals surface area contributed by atoms with E-state index in [9.17, 15) is 4.79 Å². The van der Waals surface area contributed by atoms with Gasteiger partial charge < -0.3 is 5.11 Å². The van der Waals surface area contributed by atoms with E-state index in [4.69, 9.17) is 5.11 Å². The molecule has 0 spiro atoms. The second-order valence-electron chi connectivity index (χ2n) is 4.93. The summed E-state index contributed by atoms with van der Waals surface area (Å²) in [5.74, 6) is 1.28. The highest BCUT2D eigenvalue weighted by Gasteiger charge is 2.26. The van der Waals surface area contributed by atoms with Crippen molar-refractivity contribution in [3.63, 3.8) is 0 Å². The van der Waals surface area contributed by atoms with E-state index in [1.165, 1.54) is 5.56 Å². The van der Waals surface area contributed by atoms with Crippen LogP contribution in [-0.4, -0.2) is 49.8 Å². The van der Waals surface area contributed by atoms with Crippen molar-refractivity contribution in [2.45, 2.75) is 32.4 Å². The van der Waals surface area contributed by atoms with E-state index in [0.717, 1.165) is 36.7 Å². The Kier molecular flexibility index (Phi) is 4.87. The molecule has 1 aliphatic heterocycles. The molecule has 1 atom stereocenters. The summed E-state index contributed by atoms with van der Waals surface area (Å²) in [5.41, 5.74) is 2.35. The molecular weight excluding hydrogens is 262 g/mol. The molecule has 1 aromatic rings. The van der Waals surface area contributed by atoms with Crippen molar-refractivity contribution >= 4 is 17.7 Å². The molecule has 1 aliphatic rings. The molecule has 6 heteroatoms. The third kappa shape index (κ3) is 3.73. The fourth-order valence-electron chi connectivity index (χ4n) is 2.52. The molecule has 0 amide bonds. The number of rotatable bonds is 5. The number of aliphatic carboxylic acids is 1. The molecule has 1 unspecified atom stereocenters. The summed E-state index contributed by atoms with van der Waals surface area (Å²) in [6.07, 6.45) is 3.20. The van der Waals surface area contributed by atoms with Crippen molar-refractivity contribution in [1.29, 1.82) is 0 Å². The lowest BCUT2D eigenvalue weighted by Gasteiger charge is -2.34. The number of aryl methyl sites for hydroxylation is 2. The zero-order chi connectivity index (χ0) is 13.8. The van der Waals surface area contributed by atoms with Gasteiger partial charge in [0.15, 0.2) is 0 Å². The largest absolute Gasteiger partial charge is 0.481 e. The molecule has 1 aromatic heterocycles. The van der Waals surface area contributed by atoms with Crippen LogP contribution in [0.5, 0.6) is 0 Å². The monoisotopic (exact) mass is 283 g/mol. The third-order valence-corrected chi connectivity index (χ3v) is 4.55. The second-order valence-corrected chi connectivity index (χ2v) is 6.08. The fraction of sp³-hybridized carbons (Fsp3) is 0.692. The van der Waals surface area contributed by atoms with E-state index in [-0.39, 0.29) is 12.5 Å². The minimum Gasteiger partial charge on any atom is -0.481 e.